The summed E-state index contributed by atoms with van der Waals surface area (Å²) in [5.41, 5.74) is 1.27. The van der Waals surface area contributed by atoms with Crippen molar-refractivity contribution in [2.24, 2.45) is 5.92 Å². The maximum atomic E-state index is 5.61. The first kappa shape index (κ1) is 9.46. The van der Waals surface area contributed by atoms with Gasteiger partial charge in [0.25, 0.3) is 0 Å². The number of ether oxygens (including phenoxy) is 1. The standard InChI is InChI=1S/C11H13IO/c12-11-6-10(11)8-13-7-9-4-2-1-3-5-9/h1-5,10-11H,6-8H2. The lowest BCUT2D eigenvalue weighted by atomic mass is 10.2. The van der Waals surface area contributed by atoms with Crippen molar-refractivity contribution in [2.75, 3.05) is 6.61 Å². The Kier molecular flexibility index (Phi) is 3.22. The fraction of sp³-hybridized carbons (Fsp3) is 0.455. The lowest BCUT2D eigenvalue weighted by Gasteiger charge is -2.02. The van der Waals surface area contributed by atoms with E-state index < -0.39 is 0 Å². The van der Waals surface area contributed by atoms with E-state index in [1.165, 1.54) is 12.0 Å². The summed E-state index contributed by atoms with van der Waals surface area (Å²) in [5.74, 6) is 0.823. The van der Waals surface area contributed by atoms with Crippen molar-refractivity contribution in [1.29, 1.82) is 0 Å². The molecule has 0 saturated heterocycles. The van der Waals surface area contributed by atoms with Crippen LogP contribution < -0.4 is 0 Å². The molecule has 70 valence electrons. The summed E-state index contributed by atoms with van der Waals surface area (Å²) in [6, 6.07) is 10.3. The highest BCUT2D eigenvalue weighted by molar-refractivity contribution is 14.1. The minimum atomic E-state index is 0.765. The molecule has 1 aliphatic rings. The van der Waals surface area contributed by atoms with Crippen LogP contribution in [0.15, 0.2) is 30.3 Å². The zero-order valence-electron chi connectivity index (χ0n) is 7.45. The second-order valence-electron chi connectivity index (χ2n) is 3.51. The summed E-state index contributed by atoms with van der Waals surface area (Å²) in [7, 11) is 0. The Labute approximate surface area is 92.6 Å². The summed E-state index contributed by atoms with van der Waals surface area (Å²) in [5, 5.41) is 0. The Morgan fingerprint density at radius 3 is 2.62 bits per heavy atom. The summed E-state index contributed by atoms with van der Waals surface area (Å²) in [6.07, 6.45) is 1.34. The molecule has 13 heavy (non-hydrogen) atoms. The van der Waals surface area contributed by atoms with Gasteiger partial charge in [-0.25, -0.2) is 0 Å². The van der Waals surface area contributed by atoms with Crippen LogP contribution in [-0.4, -0.2) is 10.5 Å². The Balaban J connectivity index is 1.68. The van der Waals surface area contributed by atoms with E-state index in [0.717, 1.165) is 23.1 Å². The molecule has 1 aromatic carbocycles. The fourth-order valence-electron chi connectivity index (χ4n) is 1.29. The van der Waals surface area contributed by atoms with Crippen LogP contribution in [0.5, 0.6) is 0 Å². The molecule has 2 rings (SSSR count). The van der Waals surface area contributed by atoms with Gasteiger partial charge >= 0.3 is 0 Å². The van der Waals surface area contributed by atoms with Crippen LogP contribution in [0.2, 0.25) is 0 Å². The molecule has 0 aliphatic heterocycles. The molecule has 0 N–H and O–H groups in total. The van der Waals surface area contributed by atoms with Crippen LogP contribution in [0.4, 0.5) is 0 Å². The third-order valence-corrected chi connectivity index (χ3v) is 3.81. The molecule has 0 amide bonds. The SMILES string of the molecule is IC1CC1COCc1ccccc1. The molecule has 1 fully saturated rings. The van der Waals surface area contributed by atoms with Crippen molar-refractivity contribution in [2.45, 2.75) is 17.0 Å². The molecule has 2 heteroatoms. The second kappa shape index (κ2) is 4.42. The van der Waals surface area contributed by atoms with Gasteiger partial charge in [0.1, 0.15) is 0 Å². The number of halogens is 1. The number of benzene rings is 1. The van der Waals surface area contributed by atoms with Gasteiger partial charge in [0, 0.05) is 3.92 Å². The van der Waals surface area contributed by atoms with Gasteiger partial charge in [-0.2, -0.15) is 0 Å². The van der Waals surface area contributed by atoms with Crippen LogP contribution in [0.3, 0.4) is 0 Å². The van der Waals surface area contributed by atoms with Crippen molar-refractivity contribution in [3.05, 3.63) is 35.9 Å². The molecule has 2 unspecified atom stereocenters. The zero-order chi connectivity index (χ0) is 9.10. The molecule has 2 atom stereocenters. The molecule has 1 aromatic rings. The van der Waals surface area contributed by atoms with E-state index >= 15 is 0 Å². The predicted molar refractivity (Wildman–Crippen MR) is 62.0 cm³/mol. The number of hydrogen-bond acceptors (Lipinski definition) is 1. The first-order chi connectivity index (χ1) is 6.36. The molecule has 1 nitrogen and oxygen atoms in total. The summed E-state index contributed by atoms with van der Waals surface area (Å²) < 4.78 is 6.48. The average Bonchev–Trinajstić information content (AvgIpc) is 2.84. The van der Waals surface area contributed by atoms with Gasteiger partial charge in [0.2, 0.25) is 0 Å². The fourth-order valence-corrected chi connectivity index (χ4v) is 2.15. The molecule has 1 aliphatic carbocycles. The van der Waals surface area contributed by atoms with Crippen LogP contribution in [0.1, 0.15) is 12.0 Å². The van der Waals surface area contributed by atoms with Gasteiger partial charge in [-0.05, 0) is 17.9 Å². The number of rotatable bonds is 4. The van der Waals surface area contributed by atoms with Gasteiger partial charge in [0.15, 0.2) is 0 Å². The maximum Gasteiger partial charge on any atom is 0.0717 e. The van der Waals surface area contributed by atoms with Crippen molar-refractivity contribution >= 4 is 22.6 Å². The van der Waals surface area contributed by atoms with Crippen molar-refractivity contribution in [3.63, 3.8) is 0 Å². The smallest absolute Gasteiger partial charge is 0.0717 e. The Hall–Kier alpha value is -0.0900. The van der Waals surface area contributed by atoms with Gasteiger partial charge < -0.3 is 4.74 Å². The molecule has 1 saturated carbocycles. The van der Waals surface area contributed by atoms with Crippen LogP contribution >= 0.6 is 22.6 Å². The lowest BCUT2D eigenvalue weighted by molar-refractivity contribution is 0.112. The van der Waals surface area contributed by atoms with E-state index in [2.05, 4.69) is 46.9 Å². The third kappa shape index (κ3) is 2.95. The maximum absolute atomic E-state index is 5.61. The van der Waals surface area contributed by atoms with Gasteiger partial charge in [-0.1, -0.05) is 52.9 Å². The largest absolute Gasteiger partial charge is 0.376 e. The van der Waals surface area contributed by atoms with Crippen molar-refractivity contribution in [3.8, 4) is 0 Å². The van der Waals surface area contributed by atoms with E-state index in [-0.39, 0.29) is 0 Å². The minimum Gasteiger partial charge on any atom is -0.376 e. The highest BCUT2D eigenvalue weighted by Crippen LogP contribution is 2.38. The van der Waals surface area contributed by atoms with E-state index in [0.29, 0.717) is 0 Å². The average molecular weight is 288 g/mol. The zero-order valence-corrected chi connectivity index (χ0v) is 9.61. The molecular weight excluding hydrogens is 275 g/mol. The minimum absolute atomic E-state index is 0.765. The molecule has 0 radical (unpaired) electrons. The highest BCUT2D eigenvalue weighted by Gasteiger charge is 2.34. The number of hydrogen-bond donors (Lipinski definition) is 0. The summed E-state index contributed by atoms with van der Waals surface area (Å²) >= 11 is 2.49. The third-order valence-electron chi connectivity index (χ3n) is 2.28. The molecule has 0 bridgehead atoms. The first-order valence-corrected chi connectivity index (χ1v) is 5.86. The predicted octanol–water partition coefficient (Wildman–Crippen LogP) is 3.03. The van der Waals surface area contributed by atoms with Gasteiger partial charge in [0.05, 0.1) is 13.2 Å². The van der Waals surface area contributed by atoms with E-state index in [9.17, 15) is 0 Å². The highest BCUT2D eigenvalue weighted by atomic mass is 127. The normalized spacial score (nSPS) is 25.9. The second-order valence-corrected chi connectivity index (χ2v) is 5.11. The molecule has 0 spiro atoms. The Bertz CT molecular complexity index is 260. The topological polar surface area (TPSA) is 9.23 Å². The molecule has 0 aromatic heterocycles. The summed E-state index contributed by atoms with van der Waals surface area (Å²) in [6.45, 7) is 1.70. The van der Waals surface area contributed by atoms with Gasteiger partial charge in [-0.3, -0.25) is 0 Å². The van der Waals surface area contributed by atoms with E-state index in [1.807, 2.05) is 6.07 Å². The van der Waals surface area contributed by atoms with Crippen LogP contribution in [0, 0.1) is 5.92 Å². The first-order valence-electron chi connectivity index (χ1n) is 4.62. The van der Waals surface area contributed by atoms with Gasteiger partial charge in [-0.15, -0.1) is 0 Å². The van der Waals surface area contributed by atoms with Crippen LogP contribution in [-0.2, 0) is 11.3 Å². The van der Waals surface area contributed by atoms with Crippen molar-refractivity contribution in [1.82, 2.24) is 0 Å². The van der Waals surface area contributed by atoms with Crippen molar-refractivity contribution < 1.29 is 4.74 Å². The Morgan fingerprint density at radius 1 is 1.31 bits per heavy atom. The van der Waals surface area contributed by atoms with E-state index in [4.69, 9.17) is 4.74 Å². The molecular formula is C11H13IO. The quantitative estimate of drug-likeness (QED) is 0.611. The van der Waals surface area contributed by atoms with Crippen LogP contribution in [0.25, 0.3) is 0 Å². The lowest BCUT2D eigenvalue weighted by Crippen LogP contribution is -1.98. The number of alkyl halides is 1. The monoisotopic (exact) mass is 288 g/mol. The summed E-state index contributed by atoms with van der Waals surface area (Å²) in [4.78, 5) is 0. The Morgan fingerprint density at radius 2 is 2.00 bits per heavy atom. The van der Waals surface area contributed by atoms with E-state index in [1.54, 1.807) is 0 Å². The molecule has 0 heterocycles.